The maximum atomic E-state index is 6.57. The van der Waals surface area contributed by atoms with Crippen LogP contribution >= 0.6 is 0 Å². The van der Waals surface area contributed by atoms with Crippen molar-refractivity contribution < 1.29 is 4.42 Å². The quantitative estimate of drug-likeness (QED) is 0.161. The SMILES string of the molecule is CC12CCCCC1(C)N1c3cc(-c4ccccc4)cc4c3B(c3cc5ccccc5cc3-4)c3cccc2c31.CC12CCCCC1(C)N1c3cc4ccccc4c4c3B(c3ccc(-c5ccccc5)cc3-4)c3cccc2c31.CC12CCCCC1(C)N1c3cccc4c3B(c3cccc2c31)c1ccc2c(oc3ccccc32)c1-4. The smallest absolute Gasteiger partial charge is 0.248 e. The molecule has 7 heteroatoms. The molecule has 12 aliphatic rings. The summed E-state index contributed by atoms with van der Waals surface area (Å²) in [5.74, 6) is 0. The van der Waals surface area contributed by atoms with E-state index in [9.17, 15) is 0 Å². The first-order valence-corrected chi connectivity index (χ1v) is 41.7. The van der Waals surface area contributed by atoms with Crippen molar-refractivity contribution >= 4 is 147 Å². The summed E-state index contributed by atoms with van der Waals surface area (Å²) >= 11 is 0. The molecular formula is C104H86B3N3O. The van der Waals surface area contributed by atoms with Gasteiger partial charge in [-0.15, -0.1) is 0 Å². The van der Waals surface area contributed by atoms with Crippen molar-refractivity contribution in [1.82, 2.24) is 0 Å². The Balaban J connectivity index is 0.0000000948. The minimum atomic E-state index is 0.0806. The second kappa shape index (κ2) is 22.0. The molecular weight excluding hydrogens is 1340 g/mol. The Morgan fingerprint density at radius 2 is 0.757 bits per heavy atom. The van der Waals surface area contributed by atoms with Crippen molar-refractivity contribution in [2.45, 2.75) is 151 Å². The van der Waals surface area contributed by atoms with Crippen molar-refractivity contribution in [3.63, 3.8) is 0 Å². The highest BCUT2D eigenvalue weighted by molar-refractivity contribution is 7.03. The molecule has 3 aliphatic carbocycles. The van der Waals surface area contributed by atoms with E-state index in [1.165, 1.54) is 248 Å². The van der Waals surface area contributed by atoms with Crippen molar-refractivity contribution in [1.29, 1.82) is 0 Å². The van der Waals surface area contributed by atoms with Gasteiger partial charge in [0.15, 0.2) is 0 Å². The zero-order valence-corrected chi connectivity index (χ0v) is 64.4. The molecule has 6 atom stereocenters. The number of para-hydroxylation sites is 4. The van der Waals surface area contributed by atoms with Crippen LogP contribution in [0.2, 0.25) is 0 Å². The van der Waals surface area contributed by atoms with E-state index in [4.69, 9.17) is 4.42 Å². The second-order valence-corrected chi connectivity index (χ2v) is 36.4. The van der Waals surface area contributed by atoms with Crippen LogP contribution in [0.15, 0.2) is 271 Å². The summed E-state index contributed by atoms with van der Waals surface area (Å²) < 4.78 is 6.57. The number of nitrogens with zero attached hydrogens (tertiary/aromatic N) is 3. The van der Waals surface area contributed by atoms with E-state index in [1.54, 1.807) is 16.7 Å². The minimum absolute atomic E-state index is 0.0806. The topological polar surface area (TPSA) is 22.9 Å². The lowest BCUT2D eigenvalue weighted by Crippen LogP contribution is -2.60. The molecule has 14 aromatic carbocycles. The number of hydrogen-bond acceptors (Lipinski definition) is 4. The van der Waals surface area contributed by atoms with Gasteiger partial charge in [-0.1, -0.05) is 300 Å². The predicted octanol–water partition coefficient (Wildman–Crippen LogP) is 20.3. The lowest BCUT2D eigenvalue weighted by atomic mass is 9.37. The minimum Gasteiger partial charge on any atom is -0.455 e. The number of fused-ring (bicyclic) bond motifs is 31. The van der Waals surface area contributed by atoms with Gasteiger partial charge in [0.2, 0.25) is 20.1 Å². The van der Waals surface area contributed by atoms with Crippen LogP contribution in [-0.2, 0) is 16.2 Å². The predicted molar refractivity (Wildman–Crippen MR) is 471 cm³/mol. The molecule has 10 heterocycles. The number of anilines is 6. The Kier molecular flexibility index (Phi) is 12.6. The fraction of sp³-hybridized carbons (Fsp3) is 0.231. The third-order valence-electron chi connectivity index (χ3n) is 31.8. The van der Waals surface area contributed by atoms with Gasteiger partial charge in [0.25, 0.3) is 0 Å². The van der Waals surface area contributed by atoms with Gasteiger partial charge in [0.05, 0.1) is 16.6 Å². The molecule has 3 fully saturated rings. The van der Waals surface area contributed by atoms with Crippen LogP contribution in [0, 0.1) is 0 Å². The Bertz CT molecular complexity index is 6670. The maximum absolute atomic E-state index is 6.57. The number of benzene rings is 14. The van der Waals surface area contributed by atoms with Gasteiger partial charge in [-0.3, -0.25) is 0 Å². The summed E-state index contributed by atoms with van der Waals surface area (Å²) in [6, 6.07) is 101. The maximum Gasteiger partial charge on any atom is 0.248 e. The highest BCUT2D eigenvalue weighted by atomic mass is 16.3. The average molecular weight is 1430 g/mol. The van der Waals surface area contributed by atoms with Crippen LogP contribution in [0.5, 0.6) is 0 Å². The van der Waals surface area contributed by atoms with Crippen LogP contribution in [-0.4, -0.2) is 36.8 Å². The summed E-state index contributed by atoms with van der Waals surface area (Å²) in [5.41, 5.74) is 43.3. The van der Waals surface area contributed by atoms with E-state index >= 15 is 0 Å². The van der Waals surface area contributed by atoms with E-state index in [2.05, 4.69) is 323 Å². The third kappa shape index (κ3) is 7.78. The first kappa shape index (κ1) is 63.7. The van der Waals surface area contributed by atoms with E-state index < -0.39 is 0 Å². The van der Waals surface area contributed by atoms with Crippen LogP contribution < -0.4 is 63.9 Å². The number of hydrogen-bond donors (Lipinski definition) is 0. The first-order chi connectivity index (χ1) is 54.3. The summed E-state index contributed by atoms with van der Waals surface area (Å²) in [6.07, 6.45) is 15.4. The van der Waals surface area contributed by atoms with Gasteiger partial charge < -0.3 is 19.1 Å². The Labute approximate surface area is 652 Å². The molecule has 1 aromatic heterocycles. The molecule has 0 saturated heterocycles. The highest BCUT2D eigenvalue weighted by Gasteiger charge is 2.65. The monoisotopic (exact) mass is 1430 g/mol. The molecule has 532 valence electrons. The molecule has 15 aromatic rings. The normalized spacial score (nSPS) is 24.2. The zero-order chi connectivity index (χ0) is 73.6. The van der Waals surface area contributed by atoms with Crippen LogP contribution in [0.3, 0.4) is 0 Å². The second-order valence-electron chi connectivity index (χ2n) is 36.4. The lowest BCUT2D eigenvalue weighted by molar-refractivity contribution is 0.195. The summed E-state index contributed by atoms with van der Waals surface area (Å²) in [5, 5.41) is 7.83. The van der Waals surface area contributed by atoms with Gasteiger partial charge >= 0.3 is 0 Å². The first-order valence-electron chi connectivity index (χ1n) is 41.7. The van der Waals surface area contributed by atoms with Crippen molar-refractivity contribution in [2.75, 3.05) is 14.7 Å². The van der Waals surface area contributed by atoms with E-state index in [1.807, 2.05) is 0 Å². The summed E-state index contributed by atoms with van der Waals surface area (Å²) in [7, 11) is 0. The molecule has 0 N–H and O–H groups in total. The molecule has 3 saturated carbocycles. The largest absolute Gasteiger partial charge is 0.455 e. The molecule has 6 unspecified atom stereocenters. The molecule has 4 nitrogen and oxygen atoms in total. The molecule has 9 aliphatic heterocycles. The zero-order valence-electron chi connectivity index (χ0n) is 64.4. The number of rotatable bonds is 2. The van der Waals surface area contributed by atoms with E-state index in [0.29, 0.717) is 13.4 Å². The van der Waals surface area contributed by atoms with Gasteiger partial charge in [-0.2, -0.15) is 0 Å². The molecule has 0 spiro atoms. The molecule has 0 radical (unpaired) electrons. The van der Waals surface area contributed by atoms with Crippen molar-refractivity contribution in [2.24, 2.45) is 0 Å². The van der Waals surface area contributed by atoms with Crippen LogP contribution in [0.1, 0.15) is 135 Å². The van der Waals surface area contributed by atoms with E-state index in [-0.39, 0.29) is 39.6 Å². The standard InChI is InChI=1S/2C36H30BN.C32H26BNO/c1-35-19-8-9-20-36(35,2)38-31-22-25-13-6-7-14-26(25)32-27-21-24(23-11-4-3-5-12-23)17-18-29(27)37(33(31)32)30-16-10-15-28(35)34(30)38;1-35-17-8-9-18-36(35,2)38-32-22-26(23-11-4-3-5-12-23)20-28-27-19-24-13-6-7-14-25(24)21-31(27)37(33(28)32)30-16-10-15-29(35)34(30)38;1-31-17-5-6-18-32(31,2)34-25-13-7-10-21-27-23(33(28(21)25)24-12-8-11-22(31)29(24)34)16-15-20-19-9-3-4-14-26(19)35-30(20)27/h3-7,10-18,21-22H,8-9,19-20H2,1-2H3;3-7,10-16,19-22H,8-9,17-18H2,1-2H3;3-4,7-16H,5-6,17-18H2,1-2H3. The lowest BCUT2D eigenvalue weighted by Gasteiger charge is -2.51. The molecule has 0 amide bonds. The average Bonchev–Trinajstić information content (AvgIpc) is 1.51. The fourth-order valence-electron chi connectivity index (χ4n) is 26.1. The Morgan fingerprint density at radius 3 is 1.38 bits per heavy atom. The van der Waals surface area contributed by atoms with Gasteiger partial charge in [0, 0.05) is 66.7 Å². The summed E-state index contributed by atoms with van der Waals surface area (Å²) in [6.45, 7) is 16.2. The summed E-state index contributed by atoms with van der Waals surface area (Å²) in [4.78, 5) is 8.42. The van der Waals surface area contributed by atoms with Crippen molar-refractivity contribution in [3.8, 4) is 55.6 Å². The van der Waals surface area contributed by atoms with Gasteiger partial charge in [-0.05, 0) is 223 Å². The number of furan rings is 1. The third-order valence-corrected chi connectivity index (χ3v) is 31.8. The molecule has 27 rings (SSSR count). The van der Waals surface area contributed by atoms with Crippen LogP contribution in [0.25, 0.3) is 99.1 Å². The fourth-order valence-corrected chi connectivity index (χ4v) is 26.1. The Morgan fingerprint density at radius 1 is 0.279 bits per heavy atom. The van der Waals surface area contributed by atoms with Crippen LogP contribution in [0.4, 0.5) is 34.1 Å². The van der Waals surface area contributed by atoms with E-state index in [0.717, 1.165) is 11.2 Å². The molecule has 0 bridgehead atoms. The Hall–Kier alpha value is -11.0. The van der Waals surface area contributed by atoms with Gasteiger partial charge in [0.1, 0.15) is 11.2 Å². The van der Waals surface area contributed by atoms with Gasteiger partial charge in [-0.25, -0.2) is 0 Å². The highest BCUT2D eigenvalue weighted by Crippen LogP contribution is 2.66. The molecule has 111 heavy (non-hydrogen) atoms. The van der Waals surface area contributed by atoms with Crippen molar-refractivity contribution in [3.05, 3.63) is 284 Å².